The van der Waals surface area contributed by atoms with Gasteiger partial charge in [0.2, 0.25) is 3.79 Å². The van der Waals surface area contributed by atoms with Crippen LogP contribution in [0.5, 0.6) is 0 Å². The molecule has 0 saturated carbocycles. The monoisotopic (exact) mass is 182 g/mol. The molecule has 0 saturated heterocycles. The minimum atomic E-state index is -1.28. The second-order valence-corrected chi connectivity index (χ2v) is 3.53. The molecule has 0 bridgehead atoms. The second kappa shape index (κ2) is 4.08. The van der Waals surface area contributed by atoms with Crippen molar-refractivity contribution in [2.45, 2.75) is 11.2 Å². The topological polar surface area (TPSA) is 0 Å². The lowest BCUT2D eigenvalue weighted by Gasteiger charge is -2.00. The van der Waals surface area contributed by atoms with Gasteiger partial charge in [0, 0.05) is 0 Å². The number of halogens is 4. The van der Waals surface area contributed by atoms with E-state index in [1.165, 1.54) is 0 Å². The van der Waals surface area contributed by atoms with Gasteiger partial charge in [0.1, 0.15) is 0 Å². The molecule has 0 heterocycles. The molecule has 7 heavy (non-hydrogen) atoms. The standard InChI is InChI=1S/C2H2Cl4.CH4/c3-1-2(4,5)6;/h1H2;1H4. The number of rotatable bonds is 0. The van der Waals surface area contributed by atoms with Crippen LogP contribution in [-0.2, 0) is 0 Å². The van der Waals surface area contributed by atoms with Gasteiger partial charge in [0.25, 0.3) is 0 Å². The van der Waals surface area contributed by atoms with E-state index < -0.39 is 3.79 Å². The summed E-state index contributed by atoms with van der Waals surface area (Å²) in [5.41, 5.74) is 0. The maximum Gasteiger partial charge on any atom is 0.203 e. The zero-order valence-corrected chi connectivity index (χ0v) is 5.74. The first-order valence-corrected chi connectivity index (χ1v) is 2.86. The van der Waals surface area contributed by atoms with Crippen molar-refractivity contribution in [2.24, 2.45) is 0 Å². The molecule has 0 aromatic heterocycles. The summed E-state index contributed by atoms with van der Waals surface area (Å²) in [4.78, 5) is 0. The highest BCUT2D eigenvalue weighted by molar-refractivity contribution is 6.69. The molecule has 0 aromatic carbocycles. The van der Waals surface area contributed by atoms with Gasteiger partial charge in [-0.2, -0.15) is 0 Å². The van der Waals surface area contributed by atoms with Gasteiger partial charge in [-0.3, -0.25) is 0 Å². The third kappa shape index (κ3) is 11.0. The molecule has 0 aliphatic heterocycles. The van der Waals surface area contributed by atoms with Crippen LogP contribution in [0.25, 0.3) is 0 Å². The molecule has 46 valence electrons. The summed E-state index contributed by atoms with van der Waals surface area (Å²) in [5, 5.41) is 0. The minimum absolute atomic E-state index is 0. The van der Waals surface area contributed by atoms with Crippen LogP contribution in [0.15, 0.2) is 0 Å². The van der Waals surface area contributed by atoms with Crippen molar-refractivity contribution in [3.63, 3.8) is 0 Å². The Balaban J connectivity index is 0. The molecule has 0 fully saturated rings. The molecular weight excluding hydrogens is 178 g/mol. The lowest BCUT2D eigenvalue weighted by molar-refractivity contribution is 1.28. The maximum atomic E-state index is 5.12. The molecular formula is C3H6Cl4. The molecule has 0 atom stereocenters. The largest absolute Gasteiger partial charge is 0.203 e. The van der Waals surface area contributed by atoms with Crippen molar-refractivity contribution in [1.82, 2.24) is 0 Å². The minimum Gasteiger partial charge on any atom is -0.122 e. The SMILES string of the molecule is C.ClCC(Cl)(Cl)Cl. The molecule has 0 amide bonds. The zero-order valence-electron chi connectivity index (χ0n) is 2.72. The first-order chi connectivity index (χ1) is 2.56. The predicted octanol–water partition coefficient (Wildman–Crippen LogP) is 3.23. The van der Waals surface area contributed by atoms with E-state index in [-0.39, 0.29) is 13.3 Å². The molecule has 0 spiro atoms. The first-order valence-electron chi connectivity index (χ1n) is 1.19. The summed E-state index contributed by atoms with van der Waals surface area (Å²) in [6.07, 6.45) is 0. The van der Waals surface area contributed by atoms with Gasteiger partial charge in [-0.25, -0.2) is 0 Å². The highest BCUT2D eigenvalue weighted by atomic mass is 35.6. The van der Waals surface area contributed by atoms with E-state index >= 15 is 0 Å². The lowest BCUT2D eigenvalue weighted by atomic mass is 10.9. The Kier molecular flexibility index (Phi) is 6.43. The van der Waals surface area contributed by atoms with Crippen LogP contribution in [-0.4, -0.2) is 9.67 Å². The molecule has 0 N–H and O–H groups in total. The summed E-state index contributed by atoms with van der Waals surface area (Å²) in [6.45, 7) is 0. The van der Waals surface area contributed by atoms with Gasteiger partial charge in [-0.05, 0) is 0 Å². The van der Waals surface area contributed by atoms with Crippen molar-refractivity contribution in [2.75, 3.05) is 5.88 Å². The van der Waals surface area contributed by atoms with Crippen LogP contribution in [0.1, 0.15) is 7.43 Å². The van der Waals surface area contributed by atoms with Gasteiger partial charge >= 0.3 is 0 Å². The van der Waals surface area contributed by atoms with E-state index in [9.17, 15) is 0 Å². The lowest BCUT2D eigenvalue weighted by Crippen LogP contribution is -2.01. The Morgan fingerprint density at radius 3 is 1.29 bits per heavy atom. The van der Waals surface area contributed by atoms with E-state index in [0.29, 0.717) is 0 Å². The molecule has 4 heteroatoms. The van der Waals surface area contributed by atoms with E-state index in [1.807, 2.05) is 0 Å². The van der Waals surface area contributed by atoms with E-state index in [2.05, 4.69) is 0 Å². The van der Waals surface area contributed by atoms with Gasteiger partial charge in [-0.1, -0.05) is 42.2 Å². The Morgan fingerprint density at radius 2 is 1.29 bits per heavy atom. The van der Waals surface area contributed by atoms with Crippen molar-refractivity contribution >= 4 is 46.4 Å². The van der Waals surface area contributed by atoms with Crippen LogP contribution in [0, 0.1) is 0 Å². The van der Waals surface area contributed by atoms with E-state index in [1.54, 1.807) is 0 Å². The normalized spacial score (nSPS) is 10.3. The van der Waals surface area contributed by atoms with Gasteiger partial charge in [0.05, 0.1) is 5.88 Å². The molecule has 0 aliphatic carbocycles. The summed E-state index contributed by atoms with van der Waals surface area (Å²) in [5.74, 6) is 0.0394. The Hall–Kier alpha value is 1.16. The third-order valence-electron chi connectivity index (χ3n) is 0.152. The maximum absolute atomic E-state index is 5.12. The molecule has 0 unspecified atom stereocenters. The number of alkyl halides is 4. The molecule has 0 nitrogen and oxygen atoms in total. The average molecular weight is 184 g/mol. The third-order valence-corrected chi connectivity index (χ3v) is 1.36. The fourth-order valence-electron chi connectivity index (χ4n) is 0. The highest BCUT2D eigenvalue weighted by Crippen LogP contribution is 2.26. The first kappa shape index (κ1) is 11.0. The zero-order chi connectivity index (χ0) is 5.21. The van der Waals surface area contributed by atoms with Gasteiger partial charge in [-0.15, -0.1) is 11.6 Å². The Morgan fingerprint density at radius 1 is 1.14 bits per heavy atom. The molecule has 0 rings (SSSR count). The summed E-state index contributed by atoms with van der Waals surface area (Å²) in [6, 6.07) is 0. The van der Waals surface area contributed by atoms with E-state index in [4.69, 9.17) is 46.4 Å². The Labute approximate surface area is 63.7 Å². The molecule has 0 aliphatic rings. The predicted molar refractivity (Wildman–Crippen MR) is 37.7 cm³/mol. The van der Waals surface area contributed by atoms with Crippen molar-refractivity contribution in [3.8, 4) is 0 Å². The fourth-order valence-corrected chi connectivity index (χ4v) is 0. The van der Waals surface area contributed by atoms with Gasteiger partial charge in [0.15, 0.2) is 0 Å². The van der Waals surface area contributed by atoms with Crippen LogP contribution in [0.4, 0.5) is 0 Å². The van der Waals surface area contributed by atoms with Crippen LogP contribution in [0.2, 0.25) is 0 Å². The van der Waals surface area contributed by atoms with Crippen LogP contribution in [0.3, 0.4) is 0 Å². The number of hydrogen-bond donors (Lipinski definition) is 0. The summed E-state index contributed by atoms with van der Waals surface area (Å²) >= 11 is 20.4. The molecule has 0 aromatic rings. The van der Waals surface area contributed by atoms with Crippen LogP contribution >= 0.6 is 46.4 Å². The number of hydrogen-bond acceptors (Lipinski definition) is 0. The highest BCUT2D eigenvalue weighted by Gasteiger charge is 2.16. The quantitative estimate of drug-likeness (QED) is 0.506. The van der Waals surface area contributed by atoms with Crippen molar-refractivity contribution in [3.05, 3.63) is 0 Å². The smallest absolute Gasteiger partial charge is 0.122 e. The van der Waals surface area contributed by atoms with Crippen molar-refractivity contribution in [1.29, 1.82) is 0 Å². The summed E-state index contributed by atoms with van der Waals surface area (Å²) in [7, 11) is 0. The second-order valence-electron chi connectivity index (χ2n) is 0.749. The average Bonchev–Trinajstić information content (AvgIpc) is 1.35. The molecule has 0 radical (unpaired) electrons. The summed E-state index contributed by atoms with van der Waals surface area (Å²) < 4.78 is -1.28. The fraction of sp³-hybridized carbons (Fsp3) is 1.00. The Bertz CT molecular complexity index is 36.7. The van der Waals surface area contributed by atoms with Gasteiger partial charge < -0.3 is 0 Å². The van der Waals surface area contributed by atoms with Crippen LogP contribution < -0.4 is 0 Å². The van der Waals surface area contributed by atoms with Crippen molar-refractivity contribution < 1.29 is 0 Å². The van der Waals surface area contributed by atoms with E-state index in [0.717, 1.165) is 0 Å².